The van der Waals surface area contributed by atoms with Gasteiger partial charge in [-0.25, -0.2) is 0 Å². The number of amides is 1. The van der Waals surface area contributed by atoms with E-state index in [1.807, 2.05) is 73.7 Å². The van der Waals surface area contributed by atoms with Crippen LogP contribution in [0.15, 0.2) is 65.6 Å². The van der Waals surface area contributed by atoms with Crippen LogP contribution in [0.1, 0.15) is 12.5 Å². The number of carbonyl (C=O) groups is 1. The Hall–Kier alpha value is -2.83. The number of para-hydroxylation sites is 2. The molecule has 0 spiro atoms. The number of anilines is 1. The summed E-state index contributed by atoms with van der Waals surface area (Å²) in [5, 5.41) is 2.11. The number of benzene rings is 3. The summed E-state index contributed by atoms with van der Waals surface area (Å²) in [6.45, 7) is 2.49. The number of rotatable bonds is 5. The fourth-order valence-electron chi connectivity index (χ4n) is 3.33. The maximum Gasteiger partial charge on any atom is 0.270 e. The molecule has 6 heteroatoms. The zero-order valence-corrected chi connectivity index (χ0v) is 17.7. The zero-order chi connectivity index (χ0) is 20.4. The molecular formula is C23H19NO3S2. The smallest absolute Gasteiger partial charge is 0.270 e. The van der Waals surface area contributed by atoms with E-state index in [1.54, 1.807) is 7.11 Å². The highest BCUT2D eigenvalue weighted by Gasteiger charge is 2.35. The van der Waals surface area contributed by atoms with Gasteiger partial charge in [0, 0.05) is 5.56 Å². The van der Waals surface area contributed by atoms with Crippen LogP contribution >= 0.6 is 24.0 Å². The maximum atomic E-state index is 13.2. The summed E-state index contributed by atoms with van der Waals surface area (Å²) in [7, 11) is 1.58. The number of methoxy groups -OCH3 is 1. The van der Waals surface area contributed by atoms with Crippen LogP contribution in [0.2, 0.25) is 0 Å². The number of hydrogen-bond donors (Lipinski definition) is 0. The van der Waals surface area contributed by atoms with Crippen LogP contribution in [0.4, 0.5) is 5.69 Å². The highest BCUT2D eigenvalue weighted by atomic mass is 32.2. The van der Waals surface area contributed by atoms with Gasteiger partial charge in [0.25, 0.3) is 5.91 Å². The summed E-state index contributed by atoms with van der Waals surface area (Å²) in [5.41, 5.74) is 1.52. The van der Waals surface area contributed by atoms with Crippen LogP contribution in [0, 0.1) is 0 Å². The van der Waals surface area contributed by atoms with Crippen molar-refractivity contribution >= 4 is 56.7 Å². The van der Waals surface area contributed by atoms with E-state index in [4.69, 9.17) is 21.7 Å². The molecule has 0 aliphatic carbocycles. The van der Waals surface area contributed by atoms with E-state index < -0.39 is 0 Å². The van der Waals surface area contributed by atoms with Gasteiger partial charge in [-0.3, -0.25) is 9.69 Å². The zero-order valence-electron chi connectivity index (χ0n) is 16.0. The third kappa shape index (κ3) is 3.61. The molecule has 1 amide bonds. The van der Waals surface area contributed by atoms with Gasteiger partial charge in [0.05, 0.1) is 24.3 Å². The van der Waals surface area contributed by atoms with Crippen LogP contribution in [0.25, 0.3) is 16.8 Å². The fraction of sp³-hybridized carbons (Fsp3) is 0.130. The van der Waals surface area contributed by atoms with E-state index in [9.17, 15) is 4.79 Å². The lowest BCUT2D eigenvalue weighted by molar-refractivity contribution is -0.113. The van der Waals surface area contributed by atoms with Crippen molar-refractivity contribution in [2.24, 2.45) is 0 Å². The minimum absolute atomic E-state index is 0.167. The van der Waals surface area contributed by atoms with Gasteiger partial charge in [-0.15, -0.1) is 0 Å². The lowest BCUT2D eigenvalue weighted by atomic mass is 10.0. The molecule has 0 bridgehead atoms. The normalized spacial score (nSPS) is 15.4. The second-order valence-electron chi connectivity index (χ2n) is 6.32. The molecule has 0 radical (unpaired) electrons. The highest BCUT2D eigenvalue weighted by Crippen LogP contribution is 2.41. The van der Waals surface area contributed by atoms with Crippen molar-refractivity contribution in [1.29, 1.82) is 0 Å². The van der Waals surface area contributed by atoms with Gasteiger partial charge >= 0.3 is 0 Å². The van der Waals surface area contributed by atoms with E-state index in [0.717, 1.165) is 22.1 Å². The molecule has 146 valence electrons. The number of ether oxygens (including phenoxy) is 2. The lowest BCUT2D eigenvalue weighted by Crippen LogP contribution is -2.27. The van der Waals surface area contributed by atoms with Crippen LogP contribution < -0.4 is 14.4 Å². The molecule has 3 aromatic carbocycles. The van der Waals surface area contributed by atoms with Crippen LogP contribution in [0.3, 0.4) is 0 Å². The number of thiocarbonyl (C=S) groups is 1. The fourth-order valence-corrected chi connectivity index (χ4v) is 4.59. The first-order valence-electron chi connectivity index (χ1n) is 9.19. The van der Waals surface area contributed by atoms with Crippen molar-refractivity contribution in [1.82, 2.24) is 0 Å². The quantitative estimate of drug-likeness (QED) is 0.393. The monoisotopic (exact) mass is 421 g/mol. The maximum absolute atomic E-state index is 13.2. The summed E-state index contributed by atoms with van der Waals surface area (Å²) in [6, 6.07) is 19.4. The Labute approximate surface area is 179 Å². The summed E-state index contributed by atoms with van der Waals surface area (Å²) < 4.78 is 11.7. The van der Waals surface area contributed by atoms with Gasteiger partial charge in [0.1, 0.15) is 11.5 Å². The highest BCUT2D eigenvalue weighted by molar-refractivity contribution is 8.27. The molecule has 4 rings (SSSR count). The molecule has 0 unspecified atom stereocenters. The van der Waals surface area contributed by atoms with Gasteiger partial charge in [-0.05, 0) is 42.0 Å². The average Bonchev–Trinajstić information content (AvgIpc) is 3.02. The predicted octanol–water partition coefficient (Wildman–Crippen LogP) is 5.65. The average molecular weight is 422 g/mol. The molecule has 0 aromatic heterocycles. The Morgan fingerprint density at radius 2 is 1.79 bits per heavy atom. The molecule has 3 aromatic rings. The lowest BCUT2D eigenvalue weighted by Gasteiger charge is -2.17. The van der Waals surface area contributed by atoms with Crippen LogP contribution in [0.5, 0.6) is 11.5 Å². The van der Waals surface area contributed by atoms with Gasteiger partial charge in [0.15, 0.2) is 4.32 Å². The summed E-state index contributed by atoms with van der Waals surface area (Å²) in [4.78, 5) is 15.3. The van der Waals surface area contributed by atoms with Crippen LogP contribution in [-0.2, 0) is 4.79 Å². The first kappa shape index (κ1) is 19.5. The van der Waals surface area contributed by atoms with E-state index in [1.165, 1.54) is 16.7 Å². The minimum atomic E-state index is -0.167. The SMILES string of the molecule is CCOc1ccc2ccccc2c1/C=C1/SC(=S)N(c2ccccc2OC)C1=O. The number of fused-ring (bicyclic) bond motifs is 1. The second-order valence-corrected chi connectivity index (χ2v) is 8.00. The third-order valence-electron chi connectivity index (χ3n) is 4.63. The van der Waals surface area contributed by atoms with Gasteiger partial charge < -0.3 is 9.47 Å². The van der Waals surface area contributed by atoms with Gasteiger partial charge in [0.2, 0.25) is 0 Å². The molecule has 1 saturated heterocycles. The molecule has 4 nitrogen and oxygen atoms in total. The summed E-state index contributed by atoms with van der Waals surface area (Å²) in [5.74, 6) is 1.18. The second kappa shape index (κ2) is 8.27. The van der Waals surface area contributed by atoms with Crippen molar-refractivity contribution in [3.05, 3.63) is 71.1 Å². The summed E-state index contributed by atoms with van der Waals surface area (Å²) >= 11 is 6.80. The van der Waals surface area contributed by atoms with E-state index in [-0.39, 0.29) is 5.91 Å². The topological polar surface area (TPSA) is 38.8 Å². The van der Waals surface area contributed by atoms with Crippen molar-refractivity contribution in [3.8, 4) is 11.5 Å². The van der Waals surface area contributed by atoms with Crippen molar-refractivity contribution in [2.45, 2.75) is 6.92 Å². The molecule has 0 N–H and O–H groups in total. The van der Waals surface area contributed by atoms with Crippen molar-refractivity contribution in [3.63, 3.8) is 0 Å². The van der Waals surface area contributed by atoms with E-state index in [0.29, 0.717) is 27.3 Å². The summed E-state index contributed by atoms with van der Waals surface area (Å²) in [6.07, 6.45) is 1.88. The molecule has 1 fully saturated rings. The molecule has 1 aliphatic rings. The Kier molecular flexibility index (Phi) is 5.56. The van der Waals surface area contributed by atoms with E-state index >= 15 is 0 Å². The Bertz CT molecular complexity index is 1140. The number of thioether (sulfide) groups is 1. The molecule has 0 saturated carbocycles. The third-order valence-corrected chi connectivity index (χ3v) is 5.93. The predicted molar refractivity (Wildman–Crippen MR) is 124 cm³/mol. The number of nitrogens with zero attached hydrogens (tertiary/aromatic N) is 1. The van der Waals surface area contributed by atoms with Gasteiger partial charge in [-0.1, -0.05) is 66.4 Å². The Morgan fingerprint density at radius 1 is 1.03 bits per heavy atom. The van der Waals surface area contributed by atoms with Crippen molar-refractivity contribution in [2.75, 3.05) is 18.6 Å². The molecule has 0 atom stereocenters. The Morgan fingerprint density at radius 3 is 2.59 bits per heavy atom. The molecule has 1 aliphatic heterocycles. The first-order valence-corrected chi connectivity index (χ1v) is 10.4. The standard InChI is InChI=1S/C23H19NO3S2/c1-3-27-19-13-12-15-8-4-5-9-16(15)17(19)14-21-22(25)24(23(28)29-21)18-10-6-7-11-20(18)26-2/h4-14H,3H2,1-2H3/b21-14+. The molecule has 29 heavy (non-hydrogen) atoms. The Balaban J connectivity index is 1.81. The first-order chi connectivity index (χ1) is 14.1. The van der Waals surface area contributed by atoms with E-state index in [2.05, 4.69) is 0 Å². The number of hydrogen-bond acceptors (Lipinski definition) is 5. The minimum Gasteiger partial charge on any atom is -0.495 e. The largest absolute Gasteiger partial charge is 0.495 e. The van der Waals surface area contributed by atoms with Crippen molar-refractivity contribution < 1.29 is 14.3 Å². The number of carbonyl (C=O) groups excluding carboxylic acids is 1. The van der Waals surface area contributed by atoms with Gasteiger partial charge in [-0.2, -0.15) is 0 Å². The van der Waals surface area contributed by atoms with Crippen LogP contribution in [-0.4, -0.2) is 23.9 Å². The molecule has 1 heterocycles. The molecular weight excluding hydrogens is 402 g/mol.